The van der Waals surface area contributed by atoms with E-state index in [2.05, 4.69) is 50.2 Å². The van der Waals surface area contributed by atoms with Crippen molar-refractivity contribution in [2.45, 2.75) is 19.3 Å². The van der Waals surface area contributed by atoms with Crippen LogP contribution >= 0.6 is 11.3 Å². The molecule has 0 radical (unpaired) electrons. The number of aromatic nitrogens is 3. The van der Waals surface area contributed by atoms with Gasteiger partial charge in [-0.1, -0.05) is 153 Å². The summed E-state index contributed by atoms with van der Waals surface area (Å²) in [6.07, 6.45) is 0. The zero-order valence-electron chi connectivity index (χ0n) is 38.1. The van der Waals surface area contributed by atoms with Gasteiger partial charge in [-0.25, -0.2) is 15.0 Å². The lowest BCUT2D eigenvalue weighted by molar-refractivity contribution is 0.660. The summed E-state index contributed by atoms with van der Waals surface area (Å²) in [5.74, 6) is 1.27. The van der Waals surface area contributed by atoms with E-state index in [0.29, 0.717) is 38.5 Å². The van der Waals surface area contributed by atoms with Crippen LogP contribution in [0.1, 0.15) is 38.7 Å². The van der Waals surface area contributed by atoms with Gasteiger partial charge in [0.05, 0.1) is 13.7 Å². The van der Waals surface area contributed by atoms with Crippen molar-refractivity contribution in [1.82, 2.24) is 15.0 Å². The van der Waals surface area contributed by atoms with Gasteiger partial charge in [0.25, 0.3) is 0 Å². The van der Waals surface area contributed by atoms with E-state index in [1.807, 2.05) is 54.6 Å². The minimum absolute atomic E-state index is 0.0705. The molecular formula is C48H33N3S. The molecule has 0 N–H and O–H groups in total. The van der Waals surface area contributed by atoms with E-state index in [1.165, 1.54) is 22.5 Å². The molecule has 4 heteroatoms. The minimum atomic E-state index is -0.546. The second-order valence-corrected chi connectivity index (χ2v) is 14.3. The van der Waals surface area contributed by atoms with Gasteiger partial charge in [-0.15, -0.1) is 11.3 Å². The molecule has 7 aromatic carbocycles. The number of benzene rings is 7. The van der Waals surface area contributed by atoms with Crippen molar-refractivity contribution in [2.75, 3.05) is 0 Å². The summed E-state index contributed by atoms with van der Waals surface area (Å²) in [5.41, 5.74) is 7.02. The second-order valence-electron chi connectivity index (χ2n) is 13.3. The van der Waals surface area contributed by atoms with Crippen LogP contribution in [0.3, 0.4) is 0 Å². The molecule has 0 saturated carbocycles. The molecule has 0 fully saturated rings. The van der Waals surface area contributed by atoms with Gasteiger partial charge >= 0.3 is 0 Å². The third-order valence-electron chi connectivity index (χ3n) is 9.90. The predicted octanol–water partition coefficient (Wildman–Crippen LogP) is 12.9. The van der Waals surface area contributed by atoms with Gasteiger partial charge < -0.3 is 0 Å². The van der Waals surface area contributed by atoms with Crippen LogP contribution in [0, 0.1) is 0 Å². The fraction of sp³-hybridized carbons (Fsp3) is 0.0625. The van der Waals surface area contributed by atoms with Crippen molar-refractivity contribution in [3.8, 4) is 67.5 Å². The largest absolute Gasteiger partial charge is 0.208 e. The van der Waals surface area contributed by atoms with Crippen molar-refractivity contribution >= 4 is 31.5 Å². The number of rotatable bonds is 5. The number of nitrogens with zero attached hydrogens (tertiary/aromatic N) is 3. The Kier molecular flexibility index (Phi) is 5.02. The molecular weight excluding hydrogens is 651 g/mol. The van der Waals surface area contributed by atoms with Gasteiger partial charge in [0.1, 0.15) is 0 Å². The SMILES string of the molecule is [2H]c1c([2H])c([2H])c(-c2cc(-c3c([2H])c([2H])c([2H])c([2H])c3[2H])c3sc4cccc(-c5nc(-c6ccccc6)nc(-c6ccc7c(c6)C(C)(C)c6ccccc6-7)n5)c4c3c2)c([2H])c1[2H]. The van der Waals surface area contributed by atoms with Gasteiger partial charge in [0.2, 0.25) is 0 Å². The fourth-order valence-electron chi connectivity index (χ4n) is 7.41. The van der Waals surface area contributed by atoms with E-state index in [9.17, 15) is 0 Å². The molecule has 52 heavy (non-hydrogen) atoms. The summed E-state index contributed by atoms with van der Waals surface area (Å²) < 4.78 is 87.7. The Balaban J connectivity index is 1.28. The van der Waals surface area contributed by atoms with E-state index in [1.54, 1.807) is 12.1 Å². The highest BCUT2D eigenvalue weighted by Crippen LogP contribution is 2.50. The highest BCUT2D eigenvalue weighted by atomic mass is 32.1. The minimum Gasteiger partial charge on any atom is -0.208 e. The summed E-state index contributed by atoms with van der Waals surface area (Å²) in [4.78, 5) is 15.3. The first-order valence-corrected chi connectivity index (χ1v) is 17.7. The number of thiophene rings is 1. The van der Waals surface area contributed by atoms with E-state index >= 15 is 0 Å². The molecule has 0 unspecified atom stereocenters. The third kappa shape index (κ3) is 4.90. The lowest BCUT2D eigenvalue weighted by Crippen LogP contribution is -2.15. The van der Waals surface area contributed by atoms with Crippen LogP contribution in [0.25, 0.3) is 87.7 Å². The molecule has 0 amide bonds. The molecule has 9 aromatic rings. The number of fused-ring (bicyclic) bond motifs is 6. The third-order valence-corrected chi connectivity index (χ3v) is 11.1. The lowest BCUT2D eigenvalue weighted by atomic mass is 9.82. The summed E-state index contributed by atoms with van der Waals surface area (Å²) in [5, 5.41) is 1.24. The van der Waals surface area contributed by atoms with Crippen LogP contribution in [0.5, 0.6) is 0 Å². The molecule has 1 aliphatic rings. The van der Waals surface area contributed by atoms with E-state index < -0.39 is 60.4 Å². The maximum Gasteiger partial charge on any atom is 0.164 e. The van der Waals surface area contributed by atoms with Gasteiger partial charge in [-0.3, -0.25) is 0 Å². The van der Waals surface area contributed by atoms with Crippen LogP contribution < -0.4 is 0 Å². The Morgan fingerprint density at radius 3 is 1.92 bits per heavy atom. The van der Waals surface area contributed by atoms with Crippen LogP contribution in [0.2, 0.25) is 0 Å². The Labute approximate surface area is 321 Å². The Hall–Kier alpha value is -6.23. The zero-order valence-corrected chi connectivity index (χ0v) is 28.9. The smallest absolute Gasteiger partial charge is 0.164 e. The van der Waals surface area contributed by atoms with Crippen LogP contribution in [-0.2, 0) is 5.41 Å². The van der Waals surface area contributed by atoms with Gasteiger partial charge in [0.15, 0.2) is 17.5 Å². The maximum atomic E-state index is 8.98. The molecule has 0 bridgehead atoms. The predicted molar refractivity (Wildman–Crippen MR) is 217 cm³/mol. The van der Waals surface area contributed by atoms with Crippen LogP contribution in [-0.4, -0.2) is 15.0 Å². The number of hydrogen-bond acceptors (Lipinski definition) is 4. The summed E-state index contributed by atoms with van der Waals surface area (Å²) in [6, 6.07) is 28.5. The molecule has 10 rings (SSSR count). The first kappa shape index (κ1) is 21.9. The van der Waals surface area contributed by atoms with E-state index in [0.717, 1.165) is 27.0 Å². The molecule has 1 aliphatic carbocycles. The van der Waals surface area contributed by atoms with Crippen molar-refractivity contribution in [2.24, 2.45) is 0 Å². The first-order valence-electron chi connectivity index (χ1n) is 21.9. The highest BCUT2D eigenvalue weighted by Gasteiger charge is 2.35. The Morgan fingerprint density at radius 1 is 0.481 bits per heavy atom. The zero-order chi connectivity index (χ0) is 43.5. The van der Waals surface area contributed by atoms with Gasteiger partial charge in [-0.05, 0) is 63.2 Å². The Morgan fingerprint density at radius 2 is 1.13 bits per heavy atom. The van der Waals surface area contributed by atoms with Crippen LogP contribution in [0.15, 0.2) is 164 Å². The second kappa shape index (κ2) is 11.9. The molecule has 0 spiro atoms. The number of hydrogen-bond donors (Lipinski definition) is 0. The molecule has 0 atom stereocenters. The monoisotopic (exact) mass is 693 g/mol. The molecule has 246 valence electrons. The molecule has 2 heterocycles. The molecule has 0 saturated heterocycles. The molecule has 3 nitrogen and oxygen atoms in total. The first-order chi connectivity index (χ1) is 29.7. The Bertz CT molecular complexity index is 3340. The quantitative estimate of drug-likeness (QED) is 0.180. The van der Waals surface area contributed by atoms with Crippen LogP contribution in [0.4, 0.5) is 0 Å². The van der Waals surface area contributed by atoms with Gasteiger partial charge in [-0.2, -0.15) is 0 Å². The molecule has 0 aliphatic heterocycles. The van der Waals surface area contributed by atoms with Gasteiger partial charge in [0, 0.05) is 47.8 Å². The van der Waals surface area contributed by atoms with E-state index in [-0.39, 0.29) is 27.7 Å². The van der Waals surface area contributed by atoms with Crippen molar-refractivity contribution in [3.05, 3.63) is 175 Å². The summed E-state index contributed by atoms with van der Waals surface area (Å²) >= 11 is 1.35. The lowest BCUT2D eigenvalue weighted by Gasteiger charge is -2.21. The van der Waals surface area contributed by atoms with Crippen molar-refractivity contribution < 1.29 is 13.7 Å². The fourth-order valence-corrected chi connectivity index (χ4v) is 8.64. The average Bonchev–Trinajstić information content (AvgIpc) is 3.78. The average molecular weight is 694 g/mol. The topological polar surface area (TPSA) is 38.7 Å². The highest BCUT2D eigenvalue weighted by molar-refractivity contribution is 7.26. The van der Waals surface area contributed by atoms with Crippen molar-refractivity contribution in [1.29, 1.82) is 0 Å². The normalized spacial score (nSPS) is 15.7. The summed E-state index contributed by atoms with van der Waals surface area (Å²) in [7, 11) is 0. The maximum absolute atomic E-state index is 8.98. The molecule has 2 aromatic heterocycles. The summed E-state index contributed by atoms with van der Waals surface area (Å²) in [6.45, 7) is 4.44. The standard InChI is InChI=1S/C48H33N3S/c1-48(2)40-23-13-12-21-35(40)36-26-25-33(29-41(36)48)46-49-45(32-19-10-5-11-20-32)50-47(51-46)37-22-14-24-42-43(37)39-28-34(30-15-6-3-7-16-30)27-38(44(39)52-42)31-17-8-4-9-18-31/h3-29H,1-2H3/i3D,4D,6D,7D,8D,9D,15D,16D,17D,18D. The van der Waals surface area contributed by atoms with Crippen molar-refractivity contribution in [3.63, 3.8) is 0 Å². The van der Waals surface area contributed by atoms with E-state index in [4.69, 9.17) is 28.7 Å².